The van der Waals surface area contributed by atoms with Gasteiger partial charge in [-0.15, -0.1) is 0 Å². The number of halogens is 2. The van der Waals surface area contributed by atoms with Gasteiger partial charge < -0.3 is 9.64 Å². The standard InChI is InChI=1S/C20H19I2NO2/c1-12-7-15(21)19(16(22)8-12)25-18-10-14-9-17(18)23(20(14)24)11-13-5-3-2-4-6-13/h2-8,14,17-18H,9-11H2,1H3. The monoisotopic (exact) mass is 559 g/mol. The molecule has 1 aliphatic carbocycles. The van der Waals surface area contributed by atoms with Crippen molar-refractivity contribution >= 4 is 51.1 Å². The van der Waals surface area contributed by atoms with Gasteiger partial charge in [-0.05, 0) is 88.2 Å². The predicted octanol–water partition coefficient (Wildman–Crippen LogP) is 4.77. The Labute approximate surface area is 175 Å². The first-order valence-electron chi connectivity index (χ1n) is 8.49. The number of carbonyl (C=O) groups is 1. The predicted molar refractivity (Wildman–Crippen MR) is 115 cm³/mol. The van der Waals surface area contributed by atoms with Crippen LogP contribution in [-0.2, 0) is 11.3 Å². The number of likely N-dealkylation sites (tertiary alicyclic amines) is 1. The van der Waals surface area contributed by atoms with Gasteiger partial charge in [0.05, 0.1) is 13.2 Å². The van der Waals surface area contributed by atoms with Crippen molar-refractivity contribution in [3.8, 4) is 5.75 Å². The van der Waals surface area contributed by atoms with Gasteiger partial charge in [0.25, 0.3) is 0 Å². The van der Waals surface area contributed by atoms with Crippen LogP contribution in [0.5, 0.6) is 5.75 Å². The summed E-state index contributed by atoms with van der Waals surface area (Å²) in [7, 11) is 0. The molecular formula is C20H19I2NO2. The first-order valence-corrected chi connectivity index (χ1v) is 10.7. The lowest BCUT2D eigenvalue weighted by Crippen LogP contribution is -2.46. The van der Waals surface area contributed by atoms with Gasteiger partial charge in [-0.1, -0.05) is 30.3 Å². The van der Waals surface area contributed by atoms with Crippen molar-refractivity contribution in [1.29, 1.82) is 0 Å². The van der Waals surface area contributed by atoms with Gasteiger partial charge in [0, 0.05) is 12.5 Å². The number of nitrogens with zero attached hydrogens (tertiary/aromatic N) is 1. The number of amides is 1. The number of carbonyl (C=O) groups excluding carboxylic acids is 1. The van der Waals surface area contributed by atoms with Crippen molar-refractivity contribution < 1.29 is 9.53 Å². The van der Waals surface area contributed by atoms with Crippen LogP contribution in [0.3, 0.4) is 0 Å². The molecule has 1 aliphatic heterocycles. The van der Waals surface area contributed by atoms with E-state index in [0.29, 0.717) is 12.5 Å². The highest BCUT2D eigenvalue weighted by Crippen LogP contribution is 2.42. The summed E-state index contributed by atoms with van der Waals surface area (Å²) in [6.07, 6.45) is 1.86. The summed E-state index contributed by atoms with van der Waals surface area (Å²) in [5.41, 5.74) is 2.43. The number of benzene rings is 2. The van der Waals surface area contributed by atoms with Crippen molar-refractivity contribution in [2.75, 3.05) is 0 Å². The minimum Gasteiger partial charge on any atom is -0.486 e. The second kappa shape index (κ2) is 7.06. The number of rotatable bonds is 4. The zero-order valence-corrected chi connectivity index (χ0v) is 18.2. The molecule has 5 heteroatoms. The second-order valence-corrected chi connectivity index (χ2v) is 9.23. The summed E-state index contributed by atoms with van der Waals surface area (Å²) in [6, 6.07) is 14.7. The summed E-state index contributed by atoms with van der Waals surface area (Å²) >= 11 is 4.69. The van der Waals surface area contributed by atoms with Gasteiger partial charge >= 0.3 is 0 Å². The fourth-order valence-electron chi connectivity index (χ4n) is 3.96. The van der Waals surface area contributed by atoms with Crippen molar-refractivity contribution in [3.63, 3.8) is 0 Å². The van der Waals surface area contributed by atoms with Crippen LogP contribution in [0.2, 0.25) is 0 Å². The molecule has 2 aromatic carbocycles. The molecule has 3 atom stereocenters. The van der Waals surface area contributed by atoms with Gasteiger partial charge in [-0.25, -0.2) is 0 Å². The molecule has 2 aromatic rings. The average Bonchev–Trinajstić information content (AvgIpc) is 3.11. The Kier molecular flexibility index (Phi) is 4.96. The van der Waals surface area contributed by atoms with Crippen LogP contribution >= 0.6 is 45.2 Å². The zero-order chi connectivity index (χ0) is 17.6. The van der Waals surface area contributed by atoms with Crippen molar-refractivity contribution in [1.82, 2.24) is 4.90 Å². The number of hydrogen-bond acceptors (Lipinski definition) is 2. The van der Waals surface area contributed by atoms with Crippen LogP contribution in [-0.4, -0.2) is 23.0 Å². The normalized spacial score (nSPS) is 24.8. The third-order valence-electron chi connectivity index (χ3n) is 5.11. The quantitative estimate of drug-likeness (QED) is 0.506. The maximum atomic E-state index is 12.6. The highest BCUT2D eigenvalue weighted by atomic mass is 127. The fourth-order valence-corrected chi connectivity index (χ4v) is 6.29. The molecular weight excluding hydrogens is 540 g/mol. The molecule has 1 saturated carbocycles. The smallest absolute Gasteiger partial charge is 0.226 e. The SMILES string of the molecule is Cc1cc(I)c(OC2CC3CC2N(Cc2ccccc2)C3=O)c(I)c1. The number of piperidine rings is 1. The minimum atomic E-state index is 0.0937. The maximum Gasteiger partial charge on any atom is 0.226 e. The maximum absolute atomic E-state index is 12.6. The topological polar surface area (TPSA) is 29.5 Å². The van der Waals surface area contributed by atoms with Crippen LogP contribution in [0.15, 0.2) is 42.5 Å². The highest BCUT2D eigenvalue weighted by molar-refractivity contribution is 14.1. The molecule has 3 unspecified atom stereocenters. The van der Waals surface area contributed by atoms with Crippen LogP contribution in [0.25, 0.3) is 0 Å². The Morgan fingerprint density at radius 1 is 1.12 bits per heavy atom. The summed E-state index contributed by atoms with van der Waals surface area (Å²) in [4.78, 5) is 14.6. The molecule has 0 aromatic heterocycles. The Morgan fingerprint density at radius 2 is 1.80 bits per heavy atom. The van der Waals surface area contributed by atoms with E-state index in [1.165, 1.54) is 11.1 Å². The molecule has 3 nitrogen and oxygen atoms in total. The Hall–Kier alpha value is -0.830. The summed E-state index contributed by atoms with van der Waals surface area (Å²) in [5, 5.41) is 0. The minimum absolute atomic E-state index is 0.0937. The first kappa shape index (κ1) is 17.6. The van der Waals surface area contributed by atoms with E-state index in [4.69, 9.17) is 4.74 Å². The molecule has 2 bridgehead atoms. The number of hydrogen-bond donors (Lipinski definition) is 0. The van der Waals surface area contributed by atoms with Gasteiger partial charge in [-0.2, -0.15) is 0 Å². The zero-order valence-electron chi connectivity index (χ0n) is 13.9. The Balaban J connectivity index is 1.54. The molecule has 4 rings (SSSR count). The van der Waals surface area contributed by atoms with Gasteiger partial charge in [0.1, 0.15) is 11.9 Å². The molecule has 2 aliphatic rings. The lowest BCUT2D eigenvalue weighted by molar-refractivity contribution is -0.137. The summed E-state index contributed by atoms with van der Waals surface area (Å²) < 4.78 is 8.72. The van der Waals surface area contributed by atoms with Crippen molar-refractivity contribution in [2.45, 2.75) is 38.5 Å². The van der Waals surface area contributed by atoms with E-state index < -0.39 is 0 Å². The molecule has 1 amide bonds. The van der Waals surface area contributed by atoms with Crippen LogP contribution in [0.1, 0.15) is 24.0 Å². The molecule has 1 heterocycles. The molecule has 130 valence electrons. The van der Waals surface area contributed by atoms with Gasteiger partial charge in [-0.3, -0.25) is 4.79 Å². The number of fused-ring (bicyclic) bond motifs is 2. The molecule has 0 spiro atoms. The van der Waals surface area contributed by atoms with Crippen LogP contribution < -0.4 is 4.74 Å². The number of ether oxygens (including phenoxy) is 1. The van der Waals surface area contributed by atoms with E-state index in [9.17, 15) is 4.79 Å². The molecule has 25 heavy (non-hydrogen) atoms. The van der Waals surface area contributed by atoms with Crippen molar-refractivity contribution in [2.24, 2.45) is 5.92 Å². The average molecular weight is 559 g/mol. The lowest BCUT2D eigenvalue weighted by atomic mass is 10.1. The largest absolute Gasteiger partial charge is 0.486 e. The van der Waals surface area contributed by atoms with E-state index >= 15 is 0 Å². The van der Waals surface area contributed by atoms with E-state index in [1.54, 1.807) is 0 Å². The molecule has 0 radical (unpaired) electrons. The van der Waals surface area contributed by atoms with E-state index in [1.807, 2.05) is 23.1 Å². The van der Waals surface area contributed by atoms with Crippen LogP contribution in [0, 0.1) is 20.0 Å². The molecule has 2 fully saturated rings. The molecule has 0 N–H and O–H groups in total. The third kappa shape index (κ3) is 3.41. The third-order valence-corrected chi connectivity index (χ3v) is 6.71. The van der Waals surface area contributed by atoms with E-state index in [-0.39, 0.29) is 18.1 Å². The summed E-state index contributed by atoms with van der Waals surface area (Å²) in [6.45, 7) is 2.79. The van der Waals surface area contributed by atoms with Gasteiger partial charge in [0.15, 0.2) is 0 Å². The lowest BCUT2D eigenvalue weighted by Gasteiger charge is -2.34. The Morgan fingerprint density at radius 3 is 2.44 bits per heavy atom. The van der Waals surface area contributed by atoms with E-state index in [2.05, 4.69) is 76.4 Å². The van der Waals surface area contributed by atoms with Gasteiger partial charge in [0.2, 0.25) is 5.91 Å². The number of aryl methyl sites for hydroxylation is 1. The fraction of sp³-hybridized carbons (Fsp3) is 0.350. The summed E-state index contributed by atoms with van der Waals surface area (Å²) in [5.74, 6) is 1.39. The van der Waals surface area contributed by atoms with E-state index in [0.717, 1.165) is 25.7 Å². The van der Waals surface area contributed by atoms with Crippen LogP contribution in [0.4, 0.5) is 0 Å². The highest BCUT2D eigenvalue weighted by Gasteiger charge is 2.51. The second-order valence-electron chi connectivity index (χ2n) is 6.90. The Bertz CT molecular complexity index is 786. The van der Waals surface area contributed by atoms with Crippen molar-refractivity contribution in [3.05, 3.63) is 60.7 Å². The first-order chi connectivity index (χ1) is 12.0. The molecule has 1 saturated heterocycles.